The maximum absolute atomic E-state index is 14.5. The van der Waals surface area contributed by atoms with Crippen molar-refractivity contribution >= 4 is 57.9 Å². The number of fused-ring (bicyclic) bond motifs is 1. The van der Waals surface area contributed by atoms with Gasteiger partial charge in [-0.2, -0.15) is 0 Å². The number of hydrogen-bond acceptors (Lipinski definition) is 6. The first-order valence-electron chi connectivity index (χ1n) is 18.0. The van der Waals surface area contributed by atoms with Crippen molar-refractivity contribution in [3.05, 3.63) is 119 Å². The van der Waals surface area contributed by atoms with Crippen LogP contribution in [-0.2, 0) is 4.79 Å². The number of anilines is 2. The number of pyridine rings is 1. The molecule has 8 rings (SSSR count). The molecule has 2 saturated heterocycles. The lowest BCUT2D eigenvalue weighted by molar-refractivity contribution is -0.110. The maximum atomic E-state index is 14.5. The van der Waals surface area contributed by atoms with Gasteiger partial charge in [0.25, 0.3) is 5.91 Å². The van der Waals surface area contributed by atoms with Crippen LogP contribution in [-0.4, -0.2) is 64.1 Å². The van der Waals surface area contributed by atoms with Gasteiger partial charge >= 0.3 is 0 Å². The molecular formula is C41H42Cl2N8O2. The lowest BCUT2D eigenvalue weighted by atomic mass is 9.99. The van der Waals surface area contributed by atoms with Crippen molar-refractivity contribution in [3.8, 4) is 22.5 Å². The number of carbonyl (C=O) groups is 2. The van der Waals surface area contributed by atoms with Gasteiger partial charge in [0.2, 0.25) is 6.41 Å². The van der Waals surface area contributed by atoms with Crippen molar-refractivity contribution in [2.24, 2.45) is 0 Å². The Morgan fingerprint density at radius 3 is 2.36 bits per heavy atom. The topological polar surface area (TPSA) is 120 Å². The van der Waals surface area contributed by atoms with E-state index in [2.05, 4.69) is 42.3 Å². The highest BCUT2D eigenvalue weighted by molar-refractivity contribution is 6.31. The van der Waals surface area contributed by atoms with Crippen molar-refractivity contribution in [1.82, 2.24) is 30.2 Å². The number of H-pyrrole nitrogens is 1. The van der Waals surface area contributed by atoms with E-state index in [1.54, 1.807) is 6.20 Å². The fourth-order valence-corrected chi connectivity index (χ4v) is 7.41. The number of amides is 2. The summed E-state index contributed by atoms with van der Waals surface area (Å²) >= 11 is 12.7. The normalized spacial score (nSPS) is 15.1. The summed E-state index contributed by atoms with van der Waals surface area (Å²) in [5.74, 6) is 0.359. The number of carbonyl (C=O) groups excluding carboxylic acids is 2. The Morgan fingerprint density at radius 1 is 0.925 bits per heavy atom. The summed E-state index contributed by atoms with van der Waals surface area (Å²) in [7, 11) is 0. The van der Waals surface area contributed by atoms with Crippen molar-refractivity contribution in [3.63, 3.8) is 0 Å². The van der Waals surface area contributed by atoms with Gasteiger partial charge in [0.15, 0.2) is 5.82 Å². The second-order valence-corrected chi connectivity index (χ2v) is 14.2. The van der Waals surface area contributed by atoms with Crippen LogP contribution in [0.1, 0.15) is 54.7 Å². The lowest BCUT2D eigenvalue weighted by Crippen LogP contribution is -2.42. The van der Waals surface area contributed by atoms with E-state index in [0.717, 1.165) is 52.7 Å². The van der Waals surface area contributed by atoms with Crippen LogP contribution in [0.15, 0.2) is 97.5 Å². The molecule has 0 saturated carbocycles. The molecule has 3 aromatic carbocycles. The number of rotatable bonds is 9. The second-order valence-electron chi connectivity index (χ2n) is 13.3. The first-order valence-corrected chi connectivity index (χ1v) is 18.8. The second kappa shape index (κ2) is 16.7. The minimum absolute atomic E-state index is 0.125. The first kappa shape index (κ1) is 36.2. The molecule has 0 spiro atoms. The Balaban J connectivity index is 0.000000804. The third kappa shape index (κ3) is 8.10. The smallest absolute Gasteiger partial charge is 0.272 e. The molecule has 10 nitrogen and oxygen atoms in total. The number of nitrogens with one attached hydrogen (secondary N) is 4. The van der Waals surface area contributed by atoms with Crippen molar-refractivity contribution in [2.75, 3.05) is 36.4 Å². The quantitative estimate of drug-likeness (QED) is 0.110. The van der Waals surface area contributed by atoms with Gasteiger partial charge in [-0.3, -0.25) is 9.59 Å². The molecule has 0 bridgehead atoms. The summed E-state index contributed by atoms with van der Waals surface area (Å²) in [6.07, 6.45) is 8.65. The number of piperidine rings is 1. The molecule has 1 atom stereocenters. The predicted octanol–water partition coefficient (Wildman–Crippen LogP) is 8.35. The average molecular weight is 750 g/mol. The third-order valence-corrected chi connectivity index (χ3v) is 10.4. The van der Waals surface area contributed by atoms with E-state index in [1.807, 2.05) is 91.3 Å². The Labute approximate surface area is 318 Å². The van der Waals surface area contributed by atoms with Gasteiger partial charge in [-0.05, 0) is 87.7 Å². The number of nitrogens with zero attached hydrogens (tertiary/aromatic N) is 4. The maximum Gasteiger partial charge on any atom is 0.272 e. The molecule has 0 aliphatic carbocycles. The molecule has 2 fully saturated rings. The van der Waals surface area contributed by atoms with Gasteiger partial charge in [-0.1, -0.05) is 71.7 Å². The summed E-state index contributed by atoms with van der Waals surface area (Å²) in [6, 6.07) is 27.0. The molecule has 53 heavy (non-hydrogen) atoms. The van der Waals surface area contributed by atoms with E-state index >= 15 is 0 Å². The van der Waals surface area contributed by atoms with Crippen molar-refractivity contribution < 1.29 is 9.59 Å². The minimum atomic E-state index is -0.324. The first-order chi connectivity index (χ1) is 25.9. The van der Waals surface area contributed by atoms with Crippen molar-refractivity contribution in [1.29, 1.82) is 0 Å². The van der Waals surface area contributed by atoms with Gasteiger partial charge in [-0.25, -0.2) is 9.97 Å². The molecule has 4 N–H and O–H groups in total. The van der Waals surface area contributed by atoms with Crippen LogP contribution in [0, 0.1) is 0 Å². The minimum Gasteiger partial charge on any atom is -0.356 e. The fourth-order valence-electron chi connectivity index (χ4n) is 7.11. The van der Waals surface area contributed by atoms with E-state index in [9.17, 15) is 9.59 Å². The van der Waals surface area contributed by atoms with E-state index in [4.69, 9.17) is 28.2 Å². The van der Waals surface area contributed by atoms with E-state index in [0.29, 0.717) is 45.9 Å². The van der Waals surface area contributed by atoms with Crippen LogP contribution in [0.4, 0.5) is 11.5 Å². The molecule has 1 unspecified atom stereocenters. The standard InChI is InChI=1S/C37H33Cl2N7O2.C4H9N/c1-23(24-9-11-26(38)12-10-24)46-21-41-33(25-6-3-2-4-7-25)35(46)32-29-14-13-27(39)20-31(29)43-34(32)37(48)44-30-8-5-17-40-36(30)45-18-15-28(16-19-45)42-22-47;1-2-4-5-3-1/h2-14,17,20-23,28,43H,15-16,18-19H2,1H3,(H,42,47)(H,44,48);5H,1-4H2. The molecule has 3 aromatic heterocycles. The van der Waals surface area contributed by atoms with Crippen LogP contribution >= 0.6 is 23.2 Å². The van der Waals surface area contributed by atoms with Gasteiger partial charge in [-0.15, -0.1) is 0 Å². The predicted molar refractivity (Wildman–Crippen MR) is 214 cm³/mol. The Kier molecular flexibility index (Phi) is 11.4. The van der Waals surface area contributed by atoms with Crippen LogP contribution in [0.2, 0.25) is 10.0 Å². The fraction of sp³-hybridized carbons (Fsp3) is 0.268. The van der Waals surface area contributed by atoms with Crippen LogP contribution < -0.4 is 20.9 Å². The van der Waals surface area contributed by atoms with Crippen LogP contribution in [0.5, 0.6) is 0 Å². The number of aromatic nitrogens is 4. The van der Waals surface area contributed by atoms with Gasteiger partial charge in [0, 0.05) is 57.4 Å². The van der Waals surface area contributed by atoms with E-state index < -0.39 is 0 Å². The number of benzene rings is 3. The van der Waals surface area contributed by atoms with E-state index in [-0.39, 0.29) is 18.0 Å². The Hall–Kier alpha value is -5.16. The van der Waals surface area contributed by atoms with Crippen LogP contribution in [0.25, 0.3) is 33.4 Å². The highest BCUT2D eigenvalue weighted by atomic mass is 35.5. The molecule has 5 heterocycles. The summed E-state index contributed by atoms with van der Waals surface area (Å²) in [5, 5.41) is 11.3. The zero-order valence-corrected chi connectivity index (χ0v) is 31.0. The summed E-state index contributed by atoms with van der Waals surface area (Å²) < 4.78 is 2.10. The van der Waals surface area contributed by atoms with Gasteiger partial charge in [0.05, 0.1) is 29.4 Å². The lowest BCUT2D eigenvalue weighted by Gasteiger charge is -2.33. The van der Waals surface area contributed by atoms with Crippen LogP contribution in [0.3, 0.4) is 0 Å². The number of aromatic amines is 1. The molecular weight excluding hydrogens is 707 g/mol. The third-order valence-electron chi connectivity index (χ3n) is 9.93. The summed E-state index contributed by atoms with van der Waals surface area (Å²) in [5.41, 5.74) is 5.90. The molecule has 12 heteroatoms. The monoisotopic (exact) mass is 748 g/mol. The molecule has 0 radical (unpaired) electrons. The zero-order valence-electron chi connectivity index (χ0n) is 29.5. The summed E-state index contributed by atoms with van der Waals surface area (Å²) in [6.45, 7) is 6.00. The molecule has 2 amide bonds. The van der Waals surface area contributed by atoms with Gasteiger partial charge in [0.1, 0.15) is 5.69 Å². The highest BCUT2D eigenvalue weighted by Crippen LogP contribution is 2.42. The summed E-state index contributed by atoms with van der Waals surface area (Å²) in [4.78, 5) is 40.6. The highest BCUT2D eigenvalue weighted by Gasteiger charge is 2.29. The molecule has 2 aliphatic heterocycles. The molecule has 272 valence electrons. The van der Waals surface area contributed by atoms with E-state index in [1.165, 1.54) is 25.9 Å². The number of halogens is 2. The SMILES string of the molecule is C1CCNC1.CC(c1ccc(Cl)cc1)n1cnc(-c2ccccc2)c1-c1c(C(=O)Nc2cccnc2N2CCC(NC=O)CC2)[nH]c2cc(Cl)ccc12. The Bertz CT molecular complexity index is 2160. The van der Waals surface area contributed by atoms with Crippen molar-refractivity contribution in [2.45, 2.75) is 44.7 Å². The zero-order chi connectivity index (χ0) is 36.7. The largest absolute Gasteiger partial charge is 0.356 e. The van der Waals surface area contributed by atoms with Gasteiger partial charge < -0.3 is 30.4 Å². The average Bonchev–Trinajstić information content (AvgIpc) is 3.97. The molecule has 2 aliphatic rings. The number of hydrogen-bond donors (Lipinski definition) is 4. The number of imidazole rings is 1. The molecule has 6 aromatic rings. The Morgan fingerprint density at radius 2 is 1.66 bits per heavy atom.